The van der Waals surface area contributed by atoms with Gasteiger partial charge in [-0.25, -0.2) is 0 Å². The number of hydrogen-bond acceptors (Lipinski definition) is 6. The zero-order chi connectivity index (χ0) is 30.2. The van der Waals surface area contributed by atoms with E-state index in [9.17, 15) is 4.79 Å². The lowest BCUT2D eigenvalue weighted by Crippen LogP contribution is -2.20. The molecule has 0 saturated carbocycles. The van der Waals surface area contributed by atoms with Gasteiger partial charge >= 0.3 is 0 Å². The van der Waals surface area contributed by atoms with Crippen LogP contribution < -0.4 is 15.0 Å². The lowest BCUT2D eigenvalue weighted by atomic mass is 10.1. The summed E-state index contributed by atoms with van der Waals surface area (Å²) in [6.07, 6.45) is 8.18. The molecular weight excluding hydrogens is 532 g/mol. The Morgan fingerprint density at radius 2 is 1.61 bits per heavy atom. The number of thiophene rings is 1. The third-order valence-corrected chi connectivity index (χ3v) is 8.03. The van der Waals surface area contributed by atoms with Crippen molar-refractivity contribution >= 4 is 21.4 Å². The van der Waals surface area contributed by atoms with Gasteiger partial charge in [-0.1, -0.05) is 70.0 Å². The molecule has 4 aromatic rings. The first-order valence-corrected chi connectivity index (χ1v) is 15.3. The van der Waals surface area contributed by atoms with Crippen LogP contribution in [0.15, 0.2) is 65.6 Å². The van der Waals surface area contributed by atoms with Crippen molar-refractivity contribution in [1.29, 1.82) is 0 Å². The molecule has 0 saturated heterocycles. The molecule has 0 aliphatic heterocycles. The maximum Gasteiger partial charge on any atom is 0.259 e. The van der Waals surface area contributed by atoms with Gasteiger partial charge in [0.05, 0.1) is 26.2 Å². The highest BCUT2D eigenvalue weighted by Crippen LogP contribution is 2.37. The molecule has 0 aliphatic carbocycles. The van der Waals surface area contributed by atoms with E-state index in [-0.39, 0.29) is 12.2 Å². The van der Waals surface area contributed by atoms with Crippen LogP contribution in [0.4, 0.5) is 0 Å². The Balaban J connectivity index is 0.000000269. The molecule has 7 heteroatoms. The average molecular weight is 581 g/mol. The maximum absolute atomic E-state index is 12.4. The van der Waals surface area contributed by atoms with Gasteiger partial charge in [-0.2, -0.15) is 0 Å². The number of unbranched alkanes of at least 4 members (excludes halogenated alkanes) is 2. The monoisotopic (exact) mass is 580 g/mol. The largest absolute Gasteiger partial charge is 0.493 e. The Hall–Kier alpha value is -3.13. The maximum atomic E-state index is 12.4. The van der Waals surface area contributed by atoms with E-state index in [0.717, 1.165) is 33.2 Å². The van der Waals surface area contributed by atoms with E-state index in [1.165, 1.54) is 43.6 Å². The number of aryl methyl sites for hydroxylation is 2. The fraction of sp³-hybridized carbons (Fsp3) is 0.441. The first-order valence-electron chi connectivity index (χ1n) is 14.5. The second kappa shape index (κ2) is 18.3. The van der Waals surface area contributed by atoms with Crippen molar-refractivity contribution in [2.45, 2.75) is 59.5 Å². The van der Waals surface area contributed by atoms with Gasteiger partial charge in [-0.3, -0.25) is 4.79 Å². The van der Waals surface area contributed by atoms with Crippen molar-refractivity contribution in [2.24, 2.45) is 7.05 Å². The summed E-state index contributed by atoms with van der Waals surface area (Å²) < 4.78 is 13.4. The van der Waals surface area contributed by atoms with Crippen LogP contribution in [0.3, 0.4) is 0 Å². The van der Waals surface area contributed by atoms with Gasteiger partial charge in [0.1, 0.15) is 0 Å². The third kappa shape index (κ3) is 10.3. The van der Waals surface area contributed by atoms with E-state index < -0.39 is 0 Å². The zero-order valence-corrected chi connectivity index (χ0v) is 26.7. The summed E-state index contributed by atoms with van der Waals surface area (Å²) in [6, 6.07) is 17.4. The summed E-state index contributed by atoms with van der Waals surface area (Å²) in [4.78, 5) is 16.0. The standard InChI is InChI=1S/C18H19NO3S.C9H21N.C7H8O/c1-5-12-9-13-17(23-12)14(10-19(2)18(13)20)11-6-7-15(21-3)16(8-11)22-4;1-4-6-7-9-10(3)8-5-2;8-6-7-4-2-1-3-5-7/h6-10H,5H2,1-4H3;4-9H2,1-3H3;1-5,8H,6H2. The molecule has 1 N–H and O–H groups in total. The lowest BCUT2D eigenvalue weighted by Gasteiger charge is -2.14. The molecule has 6 nitrogen and oxygen atoms in total. The second-order valence-electron chi connectivity index (χ2n) is 9.99. The van der Waals surface area contributed by atoms with Crippen LogP contribution in [0.5, 0.6) is 11.5 Å². The number of aromatic nitrogens is 1. The van der Waals surface area contributed by atoms with Gasteiger partial charge in [0, 0.05) is 28.4 Å². The number of methoxy groups -OCH3 is 2. The molecule has 2 aromatic heterocycles. The van der Waals surface area contributed by atoms with Gasteiger partial charge in [-0.05, 0) is 68.7 Å². The summed E-state index contributed by atoms with van der Waals surface area (Å²) in [6.45, 7) is 9.26. The summed E-state index contributed by atoms with van der Waals surface area (Å²) in [5.74, 6) is 1.37. The van der Waals surface area contributed by atoms with Crippen LogP contribution in [0.1, 0.15) is 56.9 Å². The molecule has 0 atom stereocenters. The van der Waals surface area contributed by atoms with Crippen LogP contribution in [0, 0.1) is 0 Å². The van der Waals surface area contributed by atoms with Gasteiger partial charge in [0.25, 0.3) is 5.56 Å². The quantitative estimate of drug-likeness (QED) is 0.186. The predicted molar refractivity (Wildman–Crippen MR) is 175 cm³/mol. The second-order valence-corrected chi connectivity index (χ2v) is 11.1. The molecule has 0 spiro atoms. The number of ether oxygens (including phenoxy) is 2. The van der Waals surface area contributed by atoms with Crippen LogP contribution in [-0.4, -0.2) is 48.9 Å². The number of benzene rings is 2. The van der Waals surface area contributed by atoms with Gasteiger partial charge in [-0.15, -0.1) is 11.3 Å². The normalized spacial score (nSPS) is 10.6. The molecule has 0 radical (unpaired) electrons. The summed E-state index contributed by atoms with van der Waals surface area (Å²) in [5, 5.41) is 9.32. The molecule has 0 bridgehead atoms. The Morgan fingerprint density at radius 3 is 2.17 bits per heavy atom. The van der Waals surface area contributed by atoms with E-state index in [1.54, 1.807) is 37.2 Å². The van der Waals surface area contributed by atoms with Crippen molar-refractivity contribution in [3.63, 3.8) is 0 Å². The van der Waals surface area contributed by atoms with E-state index in [0.29, 0.717) is 11.5 Å². The van der Waals surface area contributed by atoms with Crippen LogP contribution in [-0.2, 0) is 20.1 Å². The fourth-order valence-corrected chi connectivity index (χ4v) is 5.51. The summed E-state index contributed by atoms with van der Waals surface area (Å²) in [7, 11) is 7.24. The number of rotatable bonds is 11. The van der Waals surface area contributed by atoms with E-state index in [2.05, 4.69) is 32.7 Å². The van der Waals surface area contributed by atoms with Crippen molar-refractivity contribution < 1.29 is 14.6 Å². The minimum atomic E-state index is 0.0418. The summed E-state index contributed by atoms with van der Waals surface area (Å²) >= 11 is 1.68. The van der Waals surface area contributed by atoms with Gasteiger partial charge in [0.2, 0.25) is 0 Å². The molecule has 41 heavy (non-hydrogen) atoms. The van der Waals surface area contributed by atoms with Gasteiger partial charge in [0.15, 0.2) is 11.5 Å². The van der Waals surface area contributed by atoms with Crippen LogP contribution in [0.25, 0.3) is 21.2 Å². The van der Waals surface area contributed by atoms with E-state index in [1.807, 2.05) is 60.8 Å². The topological polar surface area (TPSA) is 63.9 Å². The highest BCUT2D eigenvalue weighted by molar-refractivity contribution is 7.19. The van der Waals surface area contributed by atoms with E-state index >= 15 is 0 Å². The minimum absolute atomic E-state index is 0.0418. The molecule has 0 amide bonds. The first-order chi connectivity index (χ1) is 19.8. The highest BCUT2D eigenvalue weighted by Gasteiger charge is 2.14. The molecule has 0 fully saturated rings. The number of aliphatic hydroxyl groups excluding tert-OH is 1. The Labute approximate surface area is 250 Å². The van der Waals surface area contributed by atoms with Crippen molar-refractivity contribution in [3.05, 3.63) is 81.6 Å². The van der Waals surface area contributed by atoms with Crippen molar-refractivity contribution in [2.75, 3.05) is 34.4 Å². The molecule has 0 aliphatic rings. The molecule has 224 valence electrons. The first kappa shape index (κ1) is 34.1. The molecular formula is C34H48N2O4S. The Bertz CT molecular complexity index is 1360. The molecule has 4 rings (SSSR count). The molecule has 2 aromatic carbocycles. The van der Waals surface area contributed by atoms with Gasteiger partial charge < -0.3 is 24.0 Å². The average Bonchev–Trinajstić information content (AvgIpc) is 3.45. The molecule has 2 heterocycles. The fourth-order valence-electron chi connectivity index (χ4n) is 4.39. The van der Waals surface area contributed by atoms with Crippen molar-refractivity contribution in [3.8, 4) is 22.6 Å². The van der Waals surface area contributed by atoms with Crippen molar-refractivity contribution in [1.82, 2.24) is 9.47 Å². The highest BCUT2D eigenvalue weighted by atomic mass is 32.1. The smallest absolute Gasteiger partial charge is 0.259 e. The SMILES string of the molecule is CCCCCN(C)CCC.CCc1cc2c(=O)n(C)cc(-c3ccc(OC)c(OC)c3)c2s1.OCc1ccccc1. The number of nitrogens with zero attached hydrogens (tertiary/aromatic N) is 2. The predicted octanol–water partition coefficient (Wildman–Crippen LogP) is 7.54. The van der Waals surface area contributed by atoms with Crippen LogP contribution in [0.2, 0.25) is 0 Å². The number of aliphatic hydroxyl groups is 1. The Morgan fingerprint density at radius 1 is 0.902 bits per heavy atom. The number of pyridine rings is 1. The zero-order valence-electron chi connectivity index (χ0n) is 25.9. The molecule has 0 unspecified atom stereocenters. The lowest BCUT2D eigenvalue weighted by molar-refractivity contribution is 0.282. The van der Waals surface area contributed by atoms with E-state index in [4.69, 9.17) is 14.6 Å². The summed E-state index contributed by atoms with van der Waals surface area (Å²) in [5.41, 5.74) is 3.05. The number of hydrogen-bond donors (Lipinski definition) is 1. The number of fused-ring (bicyclic) bond motifs is 1. The third-order valence-electron chi connectivity index (χ3n) is 6.72. The Kier molecular flexibility index (Phi) is 15.2. The minimum Gasteiger partial charge on any atom is -0.493 e. The van der Waals surface area contributed by atoms with Crippen LogP contribution >= 0.6 is 11.3 Å².